The summed E-state index contributed by atoms with van der Waals surface area (Å²) in [4.78, 5) is 29.4. The third kappa shape index (κ3) is 6.06. The highest BCUT2D eigenvalue weighted by molar-refractivity contribution is 7.90. The van der Waals surface area contributed by atoms with E-state index in [1.807, 2.05) is 0 Å². The molecule has 12 nitrogen and oxygen atoms in total. The van der Waals surface area contributed by atoms with Gasteiger partial charge in [0.05, 0.1) is 12.7 Å². The fraction of sp³-hybridized carbons (Fsp3) is 0.200. The number of alkyl halides is 4. The van der Waals surface area contributed by atoms with Crippen molar-refractivity contribution >= 4 is 28.0 Å². The molecular formula is C15H12F4N4O8S. The Labute approximate surface area is 176 Å². The summed E-state index contributed by atoms with van der Waals surface area (Å²) >= 11 is 0. The Morgan fingerprint density at radius 2 is 1.56 bits per heavy atom. The highest BCUT2D eigenvalue weighted by atomic mass is 32.2. The molecule has 1 aromatic heterocycles. The minimum Gasteiger partial charge on any atom is -0.499 e. The van der Waals surface area contributed by atoms with E-state index in [0.29, 0.717) is 0 Å². The van der Waals surface area contributed by atoms with Gasteiger partial charge in [-0.15, -0.1) is 0 Å². The van der Waals surface area contributed by atoms with Crippen molar-refractivity contribution < 1.29 is 54.9 Å². The number of sulfonamides is 1. The van der Waals surface area contributed by atoms with Crippen LogP contribution < -0.4 is 19.5 Å². The second-order valence-electron chi connectivity index (χ2n) is 5.31. The molecule has 0 radical (unpaired) electrons. The number of benzene rings is 1. The van der Waals surface area contributed by atoms with E-state index >= 15 is 0 Å². The molecule has 0 fully saturated rings. The molecular weight excluding hydrogens is 472 g/mol. The number of aromatic nitrogens is 2. The predicted octanol–water partition coefficient (Wildman–Crippen LogP) is 1.68. The van der Waals surface area contributed by atoms with Crippen molar-refractivity contribution in [1.82, 2.24) is 14.7 Å². The van der Waals surface area contributed by atoms with Crippen molar-refractivity contribution in [1.29, 1.82) is 0 Å². The Morgan fingerprint density at radius 3 is 2.06 bits per heavy atom. The first-order valence-corrected chi connectivity index (χ1v) is 9.44. The van der Waals surface area contributed by atoms with Gasteiger partial charge in [-0.2, -0.15) is 27.5 Å². The molecule has 0 aliphatic heterocycles. The summed E-state index contributed by atoms with van der Waals surface area (Å²) in [6.45, 7) is -7.13. The Hall–Kier alpha value is -3.89. The quantitative estimate of drug-likeness (QED) is 0.371. The molecule has 174 valence electrons. The maximum Gasteiger partial charge on any atom is 0.388 e. The first-order chi connectivity index (χ1) is 14.9. The van der Waals surface area contributed by atoms with Crippen molar-refractivity contribution in [3.8, 4) is 17.5 Å². The Kier molecular flexibility index (Phi) is 7.58. The van der Waals surface area contributed by atoms with E-state index in [4.69, 9.17) is 0 Å². The van der Waals surface area contributed by atoms with Gasteiger partial charge < -0.3 is 19.3 Å². The van der Waals surface area contributed by atoms with E-state index < -0.39 is 69.2 Å². The Morgan fingerprint density at radius 1 is 1.03 bits per heavy atom. The molecule has 0 saturated heterocycles. The molecule has 2 rings (SSSR count). The molecule has 0 unspecified atom stereocenters. The van der Waals surface area contributed by atoms with Crippen molar-refractivity contribution in [2.45, 2.75) is 18.1 Å². The Balaban J connectivity index is 2.32. The van der Waals surface area contributed by atoms with Gasteiger partial charge in [-0.25, -0.2) is 22.7 Å². The van der Waals surface area contributed by atoms with Crippen LogP contribution in [-0.2, 0) is 14.8 Å². The van der Waals surface area contributed by atoms with Crippen LogP contribution in [0.15, 0.2) is 29.2 Å². The molecule has 1 heterocycles. The number of amides is 2. The van der Waals surface area contributed by atoms with Gasteiger partial charge in [-0.3, -0.25) is 5.32 Å². The molecule has 0 atom stereocenters. The summed E-state index contributed by atoms with van der Waals surface area (Å²) in [5.74, 6) is -6.21. The zero-order chi connectivity index (χ0) is 24.1. The summed E-state index contributed by atoms with van der Waals surface area (Å²) in [5, 5.41) is 11.2. The zero-order valence-electron chi connectivity index (χ0n) is 15.6. The maximum atomic E-state index is 12.4. The van der Waals surface area contributed by atoms with E-state index in [2.05, 4.69) is 24.2 Å². The van der Waals surface area contributed by atoms with Crippen molar-refractivity contribution in [3.63, 3.8) is 0 Å². The summed E-state index contributed by atoms with van der Waals surface area (Å²) in [6, 6.07) is 3.04. The number of nitrogens with one attached hydrogen (secondary N) is 2. The average molecular weight is 484 g/mol. The number of aromatic hydroxyl groups is 1. The van der Waals surface area contributed by atoms with E-state index in [-0.39, 0.29) is 0 Å². The van der Waals surface area contributed by atoms with E-state index in [1.165, 1.54) is 16.9 Å². The van der Waals surface area contributed by atoms with Gasteiger partial charge in [0.2, 0.25) is 11.7 Å². The normalized spacial score (nSPS) is 11.2. The number of esters is 1. The second kappa shape index (κ2) is 9.94. The third-order valence-electron chi connectivity index (χ3n) is 3.26. The smallest absolute Gasteiger partial charge is 0.388 e. The van der Waals surface area contributed by atoms with E-state index in [9.17, 15) is 40.7 Å². The van der Waals surface area contributed by atoms with Crippen LogP contribution in [0.2, 0.25) is 0 Å². The van der Waals surface area contributed by atoms with Crippen LogP contribution in [0.4, 0.5) is 28.3 Å². The van der Waals surface area contributed by atoms with Gasteiger partial charge in [0.25, 0.3) is 21.8 Å². The molecule has 0 saturated carbocycles. The molecule has 2 aromatic rings. The number of carbonyl (C=O) groups is 2. The van der Waals surface area contributed by atoms with Gasteiger partial charge in [0.15, 0.2) is 0 Å². The monoisotopic (exact) mass is 484 g/mol. The lowest BCUT2D eigenvalue weighted by Gasteiger charge is -2.13. The van der Waals surface area contributed by atoms with Crippen LogP contribution in [0.25, 0.3) is 0 Å². The van der Waals surface area contributed by atoms with Crippen molar-refractivity contribution in [2.24, 2.45) is 0 Å². The number of nitrogens with zero attached hydrogens (tertiary/aromatic N) is 2. The number of hydrogen-bond donors (Lipinski definition) is 3. The van der Waals surface area contributed by atoms with Crippen molar-refractivity contribution in [2.75, 3.05) is 12.4 Å². The summed E-state index contributed by atoms with van der Waals surface area (Å²) in [6.07, 6.45) is 0. The largest absolute Gasteiger partial charge is 0.499 e. The number of methoxy groups -OCH3 is 1. The van der Waals surface area contributed by atoms with Crippen LogP contribution in [-0.4, -0.2) is 55.8 Å². The number of halogens is 4. The highest BCUT2D eigenvalue weighted by Gasteiger charge is 2.26. The minimum atomic E-state index is -4.70. The average Bonchev–Trinajstić information content (AvgIpc) is 2.69. The highest BCUT2D eigenvalue weighted by Crippen LogP contribution is 2.35. The zero-order valence-corrected chi connectivity index (χ0v) is 16.4. The summed E-state index contributed by atoms with van der Waals surface area (Å²) in [5.41, 5.74) is -0.420. The van der Waals surface area contributed by atoms with Crippen LogP contribution in [0.3, 0.4) is 0 Å². The predicted molar refractivity (Wildman–Crippen MR) is 94.1 cm³/mol. The second-order valence-corrected chi connectivity index (χ2v) is 6.96. The van der Waals surface area contributed by atoms with Crippen molar-refractivity contribution in [3.05, 3.63) is 29.8 Å². The van der Waals surface area contributed by atoms with Crippen LogP contribution in [0.5, 0.6) is 17.5 Å². The van der Waals surface area contributed by atoms with Crippen LogP contribution in [0, 0.1) is 0 Å². The first kappa shape index (κ1) is 24.4. The topological polar surface area (TPSA) is 166 Å². The number of anilines is 1. The molecule has 32 heavy (non-hydrogen) atoms. The van der Waals surface area contributed by atoms with Gasteiger partial charge in [-0.05, 0) is 12.1 Å². The van der Waals surface area contributed by atoms with Gasteiger partial charge in [0.1, 0.15) is 4.90 Å². The SMILES string of the molecule is COC(=O)c1ccccc1S(=O)(=O)NC(=O)Nc1nc(OC(F)F)c(O)c(OC(F)F)n1. The van der Waals surface area contributed by atoms with Crippen LogP contribution in [0.1, 0.15) is 10.4 Å². The lowest BCUT2D eigenvalue weighted by atomic mass is 10.2. The number of ether oxygens (including phenoxy) is 3. The standard InChI is InChI=1S/C15H12F4N4O8S/c1-29-11(25)6-4-2-3-5-7(6)32(27,28)23-15(26)22-14-20-9(30-12(16)17)8(24)10(21-14)31-13(18)19/h2-5,12-13,24H,1H3,(H2,20,21,22,23,26). The first-order valence-electron chi connectivity index (χ1n) is 7.96. The summed E-state index contributed by atoms with van der Waals surface area (Å²) < 4.78 is 88.2. The third-order valence-corrected chi connectivity index (χ3v) is 4.64. The Bertz CT molecular complexity index is 1090. The molecule has 1 aromatic carbocycles. The molecule has 0 aliphatic rings. The minimum absolute atomic E-state index is 0.420. The molecule has 2 amide bonds. The molecule has 0 bridgehead atoms. The maximum absolute atomic E-state index is 12.4. The summed E-state index contributed by atoms with van der Waals surface area (Å²) in [7, 11) is -3.71. The van der Waals surface area contributed by atoms with Gasteiger partial charge in [0, 0.05) is 0 Å². The number of rotatable bonds is 8. The lowest BCUT2D eigenvalue weighted by molar-refractivity contribution is -0.0609. The van der Waals surface area contributed by atoms with E-state index in [1.54, 1.807) is 5.32 Å². The molecule has 3 N–H and O–H groups in total. The van der Waals surface area contributed by atoms with Gasteiger partial charge >= 0.3 is 25.2 Å². The number of hydrogen-bond acceptors (Lipinski definition) is 10. The van der Waals surface area contributed by atoms with E-state index in [0.717, 1.165) is 19.2 Å². The number of carbonyl (C=O) groups excluding carboxylic acids is 2. The molecule has 0 aliphatic carbocycles. The van der Waals surface area contributed by atoms with Gasteiger partial charge in [-0.1, -0.05) is 12.1 Å². The molecule has 17 heteroatoms. The fourth-order valence-corrected chi connectivity index (χ4v) is 3.19. The lowest BCUT2D eigenvalue weighted by Crippen LogP contribution is -2.35. The molecule has 0 spiro atoms. The fourth-order valence-electron chi connectivity index (χ4n) is 2.09. The van der Waals surface area contributed by atoms with Crippen LogP contribution >= 0.6 is 0 Å². The number of urea groups is 1.